The molecule has 1 aromatic heterocycles. The van der Waals surface area contributed by atoms with Crippen LogP contribution in [0.3, 0.4) is 0 Å². The summed E-state index contributed by atoms with van der Waals surface area (Å²) in [6, 6.07) is 1.46. The molecule has 0 fully saturated rings. The van der Waals surface area contributed by atoms with Crippen LogP contribution in [-0.4, -0.2) is 39.6 Å². The second-order valence-corrected chi connectivity index (χ2v) is 4.36. The third-order valence-electron chi connectivity index (χ3n) is 2.27. The van der Waals surface area contributed by atoms with E-state index in [2.05, 4.69) is 5.32 Å². The number of methoxy groups -OCH3 is 3. The minimum Gasteiger partial charge on any atom is -0.496 e. The van der Waals surface area contributed by atoms with E-state index in [1.165, 1.54) is 25.6 Å². The Morgan fingerprint density at radius 3 is 2.47 bits per heavy atom. The van der Waals surface area contributed by atoms with Gasteiger partial charge in [-0.2, -0.15) is 0 Å². The average molecular weight is 259 g/mol. The van der Waals surface area contributed by atoms with E-state index in [0.717, 1.165) is 0 Å². The van der Waals surface area contributed by atoms with E-state index in [-0.39, 0.29) is 11.9 Å². The number of nitrogens with one attached hydrogen (secondary N) is 1. The van der Waals surface area contributed by atoms with E-state index < -0.39 is 6.29 Å². The van der Waals surface area contributed by atoms with Gasteiger partial charge in [0.25, 0.3) is 5.91 Å². The van der Waals surface area contributed by atoms with Crippen LogP contribution >= 0.6 is 11.3 Å². The molecule has 5 nitrogen and oxygen atoms in total. The maximum Gasteiger partial charge on any atom is 0.261 e. The van der Waals surface area contributed by atoms with Gasteiger partial charge in [-0.1, -0.05) is 0 Å². The van der Waals surface area contributed by atoms with E-state index in [1.54, 1.807) is 18.6 Å². The third kappa shape index (κ3) is 3.69. The smallest absolute Gasteiger partial charge is 0.261 e. The zero-order valence-corrected chi connectivity index (χ0v) is 11.2. The summed E-state index contributed by atoms with van der Waals surface area (Å²) in [5.74, 6) is 0.521. The van der Waals surface area contributed by atoms with Crippen LogP contribution in [0.1, 0.15) is 16.6 Å². The molecule has 0 radical (unpaired) electrons. The van der Waals surface area contributed by atoms with Gasteiger partial charge in [0, 0.05) is 25.7 Å². The maximum absolute atomic E-state index is 11.9. The molecule has 1 N–H and O–H groups in total. The monoisotopic (exact) mass is 259 g/mol. The molecule has 0 aliphatic rings. The highest BCUT2D eigenvalue weighted by Gasteiger charge is 2.19. The molecule has 0 spiro atoms. The molecule has 96 valence electrons. The van der Waals surface area contributed by atoms with Crippen molar-refractivity contribution in [3.05, 3.63) is 16.3 Å². The van der Waals surface area contributed by atoms with E-state index in [9.17, 15) is 4.79 Å². The van der Waals surface area contributed by atoms with Crippen LogP contribution in [0.15, 0.2) is 11.4 Å². The first-order valence-corrected chi connectivity index (χ1v) is 5.99. The fourth-order valence-electron chi connectivity index (χ4n) is 1.40. The second kappa shape index (κ2) is 6.58. The first-order valence-electron chi connectivity index (χ1n) is 5.11. The first kappa shape index (κ1) is 14.0. The van der Waals surface area contributed by atoms with Crippen LogP contribution in [0, 0.1) is 0 Å². The molecule has 1 heterocycles. The van der Waals surface area contributed by atoms with Gasteiger partial charge >= 0.3 is 0 Å². The van der Waals surface area contributed by atoms with E-state index in [0.29, 0.717) is 10.6 Å². The van der Waals surface area contributed by atoms with Crippen molar-refractivity contribution in [3.8, 4) is 5.75 Å². The highest BCUT2D eigenvalue weighted by atomic mass is 32.1. The highest BCUT2D eigenvalue weighted by Crippen LogP contribution is 2.21. The summed E-state index contributed by atoms with van der Waals surface area (Å²) in [7, 11) is 4.63. The summed E-state index contributed by atoms with van der Waals surface area (Å²) >= 11 is 1.33. The molecule has 1 amide bonds. The lowest BCUT2D eigenvalue weighted by Crippen LogP contribution is -2.42. The molecular formula is C11H17NO4S. The molecule has 0 aromatic carbocycles. The van der Waals surface area contributed by atoms with Crippen LogP contribution in [-0.2, 0) is 9.47 Å². The minimum absolute atomic E-state index is 0.162. The number of amides is 1. The molecular weight excluding hydrogens is 242 g/mol. The molecule has 0 saturated carbocycles. The fourth-order valence-corrected chi connectivity index (χ4v) is 2.15. The van der Waals surface area contributed by atoms with Crippen LogP contribution in [0.25, 0.3) is 0 Å². The lowest BCUT2D eigenvalue weighted by atomic mass is 10.3. The Kier molecular flexibility index (Phi) is 5.40. The molecule has 1 rings (SSSR count). The SMILES string of the molecule is COc1csc(C(=O)NC(C)C(OC)OC)c1. The summed E-state index contributed by atoms with van der Waals surface area (Å²) < 4.78 is 15.2. The summed E-state index contributed by atoms with van der Waals surface area (Å²) in [5, 5.41) is 4.58. The van der Waals surface area contributed by atoms with Crippen LogP contribution < -0.4 is 10.1 Å². The number of thiophene rings is 1. The van der Waals surface area contributed by atoms with Gasteiger partial charge in [0.15, 0.2) is 6.29 Å². The molecule has 1 aromatic rings. The maximum atomic E-state index is 11.9. The number of ether oxygens (including phenoxy) is 3. The zero-order chi connectivity index (χ0) is 12.8. The van der Waals surface area contributed by atoms with Gasteiger partial charge in [0.05, 0.1) is 18.0 Å². The highest BCUT2D eigenvalue weighted by molar-refractivity contribution is 7.12. The fraction of sp³-hybridized carbons (Fsp3) is 0.545. The van der Waals surface area contributed by atoms with E-state index >= 15 is 0 Å². The van der Waals surface area contributed by atoms with Crippen molar-refractivity contribution in [3.63, 3.8) is 0 Å². The van der Waals surface area contributed by atoms with Crippen LogP contribution in [0.2, 0.25) is 0 Å². The van der Waals surface area contributed by atoms with Crippen molar-refractivity contribution >= 4 is 17.2 Å². The van der Waals surface area contributed by atoms with Gasteiger partial charge in [0.1, 0.15) is 5.75 Å². The molecule has 0 saturated heterocycles. The van der Waals surface area contributed by atoms with Crippen LogP contribution in [0.5, 0.6) is 5.75 Å². The van der Waals surface area contributed by atoms with Crippen molar-refractivity contribution in [2.75, 3.05) is 21.3 Å². The predicted molar refractivity (Wildman–Crippen MR) is 65.6 cm³/mol. The van der Waals surface area contributed by atoms with Crippen molar-refractivity contribution < 1.29 is 19.0 Å². The Balaban J connectivity index is 2.59. The molecule has 0 bridgehead atoms. The Hall–Kier alpha value is -1.11. The molecule has 0 aliphatic heterocycles. The minimum atomic E-state index is -0.458. The topological polar surface area (TPSA) is 56.8 Å². The Bertz CT molecular complexity index is 362. The molecule has 1 atom stereocenters. The summed E-state index contributed by atoms with van der Waals surface area (Å²) in [4.78, 5) is 12.5. The summed E-state index contributed by atoms with van der Waals surface area (Å²) in [5.41, 5.74) is 0. The standard InChI is InChI=1S/C11H17NO4S/c1-7(11(15-3)16-4)12-10(13)9-5-8(14-2)6-17-9/h5-7,11H,1-4H3,(H,12,13). The van der Waals surface area contributed by atoms with Crippen LogP contribution in [0.4, 0.5) is 0 Å². The van der Waals surface area contributed by atoms with Crippen molar-refractivity contribution in [1.29, 1.82) is 0 Å². The lowest BCUT2D eigenvalue weighted by Gasteiger charge is -2.21. The lowest BCUT2D eigenvalue weighted by molar-refractivity contribution is -0.117. The number of carbonyl (C=O) groups is 1. The average Bonchev–Trinajstić information content (AvgIpc) is 2.79. The van der Waals surface area contributed by atoms with E-state index in [4.69, 9.17) is 14.2 Å². The zero-order valence-electron chi connectivity index (χ0n) is 10.4. The second-order valence-electron chi connectivity index (χ2n) is 3.45. The number of rotatable bonds is 6. The summed E-state index contributed by atoms with van der Waals surface area (Å²) in [6.07, 6.45) is -0.458. The largest absolute Gasteiger partial charge is 0.496 e. The predicted octanol–water partition coefficient (Wildman–Crippen LogP) is 1.49. The van der Waals surface area contributed by atoms with Gasteiger partial charge in [0.2, 0.25) is 0 Å². The Morgan fingerprint density at radius 1 is 1.35 bits per heavy atom. The van der Waals surface area contributed by atoms with Gasteiger partial charge in [-0.05, 0) is 6.92 Å². The van der Waals surface area contributed by atoms with Gasteiger partial charge in [-0.3, -0.25) is 4.79 Å². The van der Waals surface area contributed by atoms with Crippen molar-refractivity contribution in [1.82, 2.24) is 5.32 Å². The van der Waals surface area contributed by atoms with Gasteiger partial charge in [-0.15, -0.1) is 11.3 Å². The Labute approximate surface area is 105 Å². The number of carbonyl (C=O) groups excluding carboxylic acids is 1. The first-order chi connectivity index (χ1) is 8.12. The molecule has 6 heteroatoms. The third-order valence-corrected chi connectivity index (χ3v) is 3.17. The molecule has 17 heavy (non-hydrogen) atoms. The number of hydrogen-bond donors (Lipinski definition) is 1. The quantitative estimate of drug-likeness (QED) is 0.786. The van der Waals surface area contributed by atoms with Gasteiger partial charge in [-0.25, -0.2) is 0 Å². The molecule has 1 unspecified atom stereocenters. The van der Waals surface area contributed by atoms with Gasteiger partial charge < -0.3 is 19.5 Å². The van der Waals surface area contributed by atoms with Crippen molar-refractivity contribution in [2.45, 2.75) is 19.3 Å². The Morgan fingerprint density at radius 2 is 2.00 bits per heavy atom. The normalized spacial score (nSPS) is 12.5. The van der Waals surface area contributed by atoms with E-state index in [1.807, 2.05) is 6.92 Å². The number of hydrogen-bond acceptors (Lipinski definition) is 5. The molecule has 0 aliphatic carbocycles. The summed E-state index contributed by atoms with van der Waals surface area (Å²) in [6.45, 7) is 1.82. The van der Waals surface area contributed by atoms with Crippen molar-refractivity contribution in [2.24, 2.45) is 0 Å².